The number of nitrogens with zero attached hydrogens (tertiary/aromatic N) is 2. The summed E-state index contributed by atoms with van der Waals surface area (Å²) in [4.78, 5) is 27.3. The van der Waals surface area contributed by atoms with Crippen LogP contribution < -0.4 is 14.4 Å². The van der Waals surface area contributed by atoms with Gasteiger partial charge in [0.1, 0.15) is 24.2 Å². The van der Waals surface area contributed by atoms with Crippen molar-refractivity contribution in [1.29, 1.82) is 0 Å². The van der Waals surface area contributed by atoms with Crippen molar-refractivity contribution in [2.45, 2.75) is 31.3 Å². The van der Waals surface area contributed by atoms with Gasteiger partial charge in [0.15, 0.2) is 0 Å². The average Bonchev–Trinajstić information content (AvgIpc) is 2.90. The molecule has 0 radical (unpaired) electrons. The summed E-state index contributed by atoms with van der Waals surface area (Å²) in [6.07, 6.45) is 0. The molecular formula is C27H30FN3O5S. The van der Waals surface area contributed by atoms with Gasteiger partial charge in [0.05, 0.1) is 17.7 Å². The summed E-state index contributed by atoms with van der Waals surface area (Å²) in [7, 11) is -1.24. The molecule has 196 valence electrons. The number of ether oxygens (including phenoxy) is 1. The van der Waals surface area contributed by atoms with Gasteiger partial charge in [0.25, 0.3) is 10.0 Å². The van der Waals surface area contributed by atoms with Crippen molar-refractivity contribution in [2.75, 3.05) is 25.0 Å². The number of hydrogen-bond donors (Lipinski definition) is 1. The summed E-state index contributed by atoms with van der Waals surface area (Å²) < 4.78 is 46.9. The summed E-state index contributed by atoms with van der Waals surface area (Å²) >= 11 is 0. The van der Waals surface area contributed by atoms with E-state index in [2.05, 4.69) is 5.32 Å². The third kappa shape index (κ3) is 6.65. The Labute approximate surface area is 216 Å². The first kappa shape index (κ1) is 27.7. The molecule has 3 aromatic carbocycles. The molecule has 1 atom stereocenters. The molecule has 0 unspecified atom stereocenters. The molecule has 2 amide bonds. The van der Waals surface area contributed by atoms with Crippen LogP contribution in [0.4, 0.5) is 10.1 Å². The number of sulfonamides is 1. The number of methoxy groups -OCH3 is 1. The van der Waals surface area contributed by atoms with Crippen molar-refractivity contribution < 1.29 is 27.1 Å². The highest BCUT2D eigenvalue weighted by molar-refractivity contribution is 7.92. The summed E-state index contributed by atoms with van der Waals surface area (Å²) in [6.45, 7) is 2.93. The summed E-state index contributed by atoms with van der Waals surface area (Å²) in [6, 6.07) is 17.2. The van der Waals surface area contributed by atoms with Gasteiger partial charge in [-0.1, -0.05) is 29.8 Å². The zero-order valence-corrected chi connectivity index (χ0v) is 22.0. The predicted octanol–water partition coefficient (Wildman–Crippen LogP) is 3.50. The number of amides is 2. The van der Waals surface area contributed by atoms with E-state index in [0.29, 0.717) is 5.75 Å². The van der Waals surface area contributed by atoms with Crippen LogP contribution in [0, 0.1) is 12.7 Å². The van der Waals surface area contributed by atoms with E-state index in [1.165, 1.54) is 11.9 Å². The van der Waals surface area contributed by atoms with Crippen LogP contribution in [0.1, 0.15) is 18.1 Å². The molecule has 0 aliphatic rings. The molecule has 0 spiro atoms. The molecule has 10 heteroatoms. The van der Waals surface area contributed by atoms with E-state index in [1.807, 2.05) is 6.92 Å². The van der Waals surface area contributed by atoms with Gasteiger partial charge >= 0.3 is 0 Å². The molecule has 0 saturated carbocycles. The quantitative estimate of drug-likeness (QED) is 0.436. The van der Waals surface area contributed by atoms with Gasteiger partial charge in [0.2, 0.25) is 11.8 Å². The molecule has 3 rings (SSSR count). The molecule has 0 aliphatic carbocycles. The minimum absolute atomic E-state index is 0.0652. The zero-order chi connectivity index (χ0) is 27.2. The Kier molecular flexibility index (Phi) is 8.88. The monoisotopic (exact) mass is 527 g/mol. The number of carbonyl (C=O) groups excluding carboxylic acids is 2. The zero-order valence-electron chi connectivity index (χ0n) is 21.1. The van der Waals surface area contributed by atoms with Crippen molar-refractivity contribution in [2.24, 2.45) is 0 Å². The number of hydrogen-bond acceptors (Lipinski definition) is 5. The minimum Gasteiger partial charge on any atom is -0.497 e. The lowest BCUT2D eigenvalue weighted by atomic mass is 10.1. The first-order valence-electron chi connectivity index (χ1n) is 11.6. The van der Waals surface area contributed by atoms with Crippen LogP contribution in [0.5, 0.6) is 5.75 Å². The molecule has 3 aromatic rings. The predicted molar refractivity (Wildman–Crippen MR) is 139 cm³/mol. The maximum atomic E-state index is 13.7. The van der Waals surface area contributed by atoms with E-state index in [9.17, 15) is 22.4 Å². The van der Waals surface area contributed by atoms with Crippen LogP contribution in [-0.2, 0) is 26.2 Å². The normalized spacial score (nSPS) is 11.9. The molecule has 0 fully saturated rings. The highest BCUT2D eigenvalue weighted by Gasteiger charge is 2.32. The fourth-order valence-corrected chi connectivity index (χ4v) is 5.11. The molecule has 1 N–H and O–H groups in total. The molecule has 0 heterocycles. The maximum Gasteiger partial charge on any atom is 0.264 e. The molecule has 0 aliphatic heterocycles. The van der Waals surface area contributed by atoms with E-state index in [0.717, 1.165) is 39.7 Å². The van der Waals surface area contributed by atoms with Crippen molar-refractivity contribution >= 4 is 27.5 Å². The first-order valence-corrected chi connectivity index (χ1v) is 13.0. The van der Waals surface area contributed by atoms with Crippen LogP contribution in [0.25, 0.3) is 0 Å². The number of nitrogens with one attached hydrogen (secondary N) is 1. The van der Waals surface area contributed by atoms with Gasteiger partial charge in [-0.05, 0) is 67.9 Å². The fraction of sp³-hybridized carbons (Fsp3) is 0.259. The van der Waals surface area contributed by atoms with Crippen molar-refractivity contribution in [3.05, 3.63) is 89.7 Å². The van der Waals surface area contributed by atoms with Crippen LogP contribution in [0.2, 0.25) is 0 Å². The summed E-state index contributed by atoms with van der Waals surface area (Å²) in [5, 5.41) is 2.54. The lowest BCUT2D eigenvalue weighted by Crippen LogP contribution is -2.50. The Hall–Kier alpha value is -3.92. The van der Waals surface area contributed by atoms with E-state index in [4.69, 9.17) is 4.74 Å². The number of aryl methyl sites for hydroxylation is 1. The van der Waals surface area contributed by atoms with Crippen molar-refractivity contribution in [3.63, 3.8) is 0 Å². The highest BCUT2D eigenvalue weighted by Crippen LogP contribution is 2.25. The van der Waals surface area contributed by atoms with Gasteiger partial charge in [-0.25, -0.2) is 12.8 Å². The molecule has 0 bridgehead atoms. The second-order valence-corrected chi connectivity index (χ2v) is 10.3. The Morgan fingerprint density at radius 2 is 1.57 bits per heavy atom. The van der Waals surface area contributed by atoms with Gasteiger partial charge < -0.3 is 15.0 Å². The third-order valence-corrected chi connectivity index (χ3v) is 7.72. The van der Waals surface area contributed by atoms with Gasteiger partial charge in [0, 0.05) is 13.6 Å². The largest absolute Gasteiger partial charge is 0.497 e. The van der Waals surface area contributed by atoms with Crippen LogP contribution in [0.15, 0.2) is 77.7 Å². The molecule has 37 heavy (non-hydrogen) atoms. The molecular weight excluding hydrogens is 497 g/mol. The number of carbonyl (C=O) groups is 2. The number of likely N-dealkylation sites (N-methyl/N-ethyl adjacent to an activating group) is 1. The fourth-order valence-electron chi connectivity index (χ4n) is 3.69. The smallest absolute Gasteiger partial charge is 0.264 e. The van der Waals surface area contributed by atoms with Gasteiger partial charge in [-0.3, -0.25) is 13.9 Å². The van der Waals surface area contributed by atoms with Gasteiger partial charge in [-0.2, -0.15) is 0 Å². The maximum absolute atomic E-state index is 13.7. The standard InChI is InChI=1S/C27H30FN3O5S/c1-19-5-11-23(12-6-19)31(37(34,35)25-15-9-22(28)10-16-25)18-26(32)30(20(2)27(33)29-3)17-21-7-13-24(36-4)14-8-21/h5-16,20H,17-18H2,1-4H3,(H,29,33)/t20-/m0/s1. The number of rotatable bonds is 10. The second kappa shape index (κ2) is 11.9. The Morgan fingerprint density at radius 3 is 2.11 bits per heavy atom. The van der Waals surface area contributed by atoms with E-state index in [-0.39, 0.29) is 17.1 Å². The number of anilines is 1. The topological polar surface area (TPSA) is 96.0 Å². The van der Waals surface area contributed by atoms with Crippen LogP contribution in [0.3, 0.4) is 0 Å². The average molecular weight is 528 g/mol. The Morgan fingerprint density at radius 1 is 0.973 bits per heavy atom. The van der Waals surface area contributed by atoms with E-state index in [1.54, 1.807) is 62.6 Å². The van der Waals surface area contributed by atoms with Crippen LogP contribution >= 0.6 is 0 Å². The van der Waals surface area contributed by atoms with E-state index < -0.39 is 40.2 Å². The highest BCUT2D eigenvalue weighted by atomic mass is 32.2. The lowest BCUT2D eigenvalue weighted by Gasteiger charge is -2.31. The van der Waals surface area contributed by atoms with Crippen molar-refractivity contribution in [1.82, 2.24) is 10.2 Å². The Balaban J connectivity index is 2.00. The SMILES string of the molecule is CNC(=O)[C@H](C)N(Cc1ccc(OC)cc1)C(=O)CN(c1ccc(C)cc1)S(=O)(=O)c1ccc(F)cc1. The van der Waals surface area contributed by atoms with Gasteiger partial charge in [-0.15, -0.1) is 0 Å². The minimum atomic E-state index is -4.24. The second-order valence-electron chi connectivity index (χ2n) is 8.46. The molecule has 0 saturated heterocycles. The Bertz CT molecular complexity index is 1330. The molecule has 8 nitrogen and oxygen atoms in total. The van der Waals surface area contributed by atoms with Crippen LogP contribution in [-0.4, -0.2) is 51.9 Å². The van der Waals surface area contributed by atoms with E-state index >= 15 is 0 Å². The third-order valence-electron chi connectivity index (χ3n) is 5.93. The summed E-state index contributed by atoms with van der Waals surface area (Å²) in [5.74, 6) is -0.929. The number of benzene rings is 3. The molecule has 0 aromatic heterocycles. The lowest BCUT2D eigenvalue weighted by molar-refractivity contribution is -0.139. The first-order chi connectivity index (χ1) is 17.6. The number of halogens is 1. The van der Waals surface area contributed by atoms with Crippen molar-refractivity contribution in [3.8, 4) is 5.75 Å². The summed E-state index contributed by atoms with van der Waals surface area (Å²) in [5.41, 5.74) is 1.90.